The normalized spacial score (nSPS) is 17.0. The van der Waals surface area contributed by atoms with Crippen molar-refractivity contribution < 1.29 is 9.18 Å². The summed E-state index contributed by atoms with van der Waals surface area (Å²) in [5.41, 5.74) is 1.85. The average molecular weight is 351 g/mol. The lowest BCUT2D eigenvalue weighted by atomic mass is 10.0. The van der Waals surface area contributed by atoms with Gasteiger partial charge in [-0.3, -0.25) is 9.69 Å². The minimum Gasteiger partial charge on any atom is -0.310 e. The molecule has 1 heterocycles. The zero-order chi connectivity index (χ0) is 18.4. The molecule has 2 aromatic carbocycles. The Hall–Kier alpha value is -2.71. The van der Waals surface area contributed by atoms with Gasteiger partial charge in [0.15, 0.2) is 0 Å². The fraction of sp³-hybridized carbons (Fsp3) is 0.333. The smallest absolute Gasteiger partial charge is 0.241 e. The molecule has 4 nitrogen and oxygen atoms in total. The Balaban J connectivity index is 1.73. The molecule has 0 N–H and O–H groups in total. The van der Waals surface area contributed by atoms with E-state index in [1.807, 2.05) is 30.3 Å². The van der Waals surface area contributed by atoms with Crippen molar-refractivity contribution in [2.45, 2.75) is 25.3 Å². The first kappa shape index (κ1) is 18.1. The second kappa shape index (κ2) is 8.59. The summed E-state index contributed by atoms with van der Waals surface area (Å²) >= 11 is 0. The molecule has 1 aliphatic rings. The van der Waals surface area contributed by atoms with E-state index in [1.165, 1.54) is 12.1 Å². The Labute approximate surface area is 153 Å². The molecule has 0 aromatic heterocycles. The second-order valence-corrected chi connectivity index (χ2v) is 6.47. The Bertz CT molecular complexity index is 770. The average Bonchev–Trinajstić information content (AvgIpc) is 3.11. The van der Waals surface area contributed by atoms with Gasteiger partial charge in [-0.2, -0.15) is 5.26 Å². The van der Waals surface area contributed by atoms with Crippen molar-refractivity contribution in [2.75, 3.05) is 24.5 Å². The number of carbonyl (C=O) groups is 1. The number of halogens is 1. The molecule has 26 heavy (non-hydrogen) atoms. The first-order valence-corrected chi connectivity index (χ1v) is 8.91. The van der Waals surface area contributed by atoms with Crippen LogP contribution in [0.25, 0.3) is 0 Å². The number of hydrogen-bond acceptors (Lipinski definition) is 3. The van der Waals surface area contributed by atoms with Crippen LogP contribution in [0.5, 0.6) is 0 Å². The lowest BCUT2D eigenvalue weighted by Gasteiger charge is -2.28. The summed E-state index contributed by atoms with van der Waals surface area (Å²) in [5.74, 6) is -0.262. The monoisotopic (exact) mass is 351 g/mol. The van der Waals surface area contributed by atoms with Crippen LogP contribution in [0, 0.1) is 17.1 Å². The number of para-hydroxylation sites is 1. The van der Waals surface area contributed by atoms with Gasteiger partial charge in [0, 0.05) is 18.3 Å². The van der Waals surface area contributed by atoms with E-state index in [2.05, 4.69) is 11.0 Å². The van der Waals surface area contributed by atoms with Gasteiger partial charge < -0.3 is 4.90 Å². The van der Waals surface area contributed by atoms with Crippen LogP contribution in [0.15, 0.2) is 54.6 Å². The fourth-order valence-electron chi connectivity index (χ4n) is 3.50. The van der Waals surface area contributed by atoms with Crippen molar-refractivity contribution in [3.8, 4) is 6.07 Å². The Morgan fingerprint density at radius 1 is 1.19 bits per heavy atom. The molecule has 134 valence electrons. The van der Waals surface area contributed by atoms with Crippen LogP contribution in [-0.2, 0) is 4.79 Å². The minimum absolute atomic E-state index is 0.0135. The number of amides is 1. The SMILES string of the molecule is N#CCCN(C(=O)CN1CCC[C@H]1c1ccc(F)cc1)c1ccccc1. The molecular weight excluding hydrogens is 329 g/mol. The summed E-state index contributed by atoms with van der Waals surface area (Å²) in [7, 11) is 0. The van der Waals surface area contributed by atoms with Gasteiger partial charge in [0.25, 0.3) is 0 Å². The second-order valence-electron chi connectivity index (χ2n) is 6.47. The van der Waals surface area contributed by atoms with Gasteiger partial charge in [0.05, 0.1) is 19.0 Å². The molecule has 1 amide bonds. The highest BCUT2D eigenvalue weighted by Gasteiger charge is 2.29. The molecule has 0 aliphatic carbocycles. The van der Waals surface area contributed by atoms with Crippen LogP contribution in [-0.4, -0.2) is 30.4 Å². The highest BCUT2D eigenvalue weighted by molar-refractivity contribution is 5.94. The quantitative estimate of drug-likeness (QED) is 0.793. The van der Waals surface area contributed by atoms with Crippen LogP contribution in [0.2, 0.25) is 0 Å². The number of benzene rings is 2. The molecule has 1 aliphatic heterocycles. The molecule has 0 saturated carbocycles. The summed E-state index contributed by atoms with van der Waals surface area (Å²) in [5, 5.41) is 8.91. The molecule has 0 radical (unpaired) electrons. The fourth-order valence-corrected chi connectivity index (χ4v) is 3.50. The Kier molecular flexibility index (Phi) is 5.98. The third-order valence-electron chi connectivity index (χ3n) is 4.77. The van der Waals surface area contributed by atoms with E-state index in [9.17, 15) is 9.18 Å². The van der Waals surface area contributed by atoms with Gasteiger partial charge in [-0.1, -0.05) is 30.3 Å². The van der Waals surface area contributed by atoms with Crippen LogP contribution < -0.4 is 4.90 Å². The maximum Gasteiger partial charge on any atom is 0.241 e. The first-order chi connectivity index (χ1) is 12.7. The zero-order valence-corrected chi connectivity index (χ0v) is 14.6. The molecule has 1 fully saturated rings. The van der Waals surface area contributed by atoms with Crippen molar-refractivity contribution in [1.82, 2.24) is 4.90 Å². The number of nitrogens with zero attached hydrogens (tertiary/aromatic N) is 3. The van der Waals surface area contributed by atoms with Crippen molar-refractivity contribution in [3.05, 3.63) is 66.0 Å². The lowest BCUT2D eigenvalue weighted by Crippen LogP contribution is -2.40. The molecule has 1 atom stereocenters. The van der Waals surface area contributed by atoms with Crippen molar-refractivity contribution in [3.63, 3.8) is 0 Å². The van der Waals surface area contributed by atoms with E-state index in [0.717, 1.165) is 30.6 Å². The predicted molar refractivity (Wildman–Crippen MR) is 99.0 cm³/mol. The molecule has 5 heteroatoms. The largest absolute Gasteiger partial charge is 0.310 e. The van der Waals surface area contributed by atoms with Gasteiger partial charge in [-0.15, -0.1) is 0 Å². The third-order valence-corrected chi connectivity index (χ3v) is 4.77. The summed E-state index contributed by atoms with van der Waals surface area (Å²) in [4.78, 5) is 16.8. The van der Waals surface area contributed by atoms with Crippen LogP contribution in [0.4, 0.5) is 10.1 Å². The number of likely N-dealkylation sites (tertiary alicyclic amines) is 1. The van der Waals surface area contributed by atoms with E-state index in [1.54, 1.807) is 17.0 Å². The minimum atomic E-state index is -0.249. The van der Waals surface area contributed by atoms with Gasteiger partial charge >= 0.3 is 0 Å². The number of nitriles is 1. The molecule has 1 saturated heterocycles. The molecular formula is C21H22FN3O. The van der Waals surface area contributed by atoms with Crippen molar-refractivity contribution in [1.29, 1.82) is 5.26 Å². The van der Waals surface area contributed by atoms with Crippen LogP contribution in [0.3, 0.4) is 0 Å². The van der Waals surface area contributed by atoms with Gasteiger partial charge in [0.1, 0.15) is 5.82 Å². The first-order valence-electron chi connectivity index (χ1n) is 8.91. The van der Waals surface area contributed by atoms with Gasteiger partial charge in [-0.05, 0) is 49.2 Å². The maximum atomic E-state index is 13.2. The lowest BCUT2D eigenvalue weighted by molar-refractivity contribution is -0.120. The van der Waals surface area contributed by atoms with Crippen LogP contribution >= 0.6 is 0 Å². The van der Waals surface area contributed by atoms with E-state index in [4.69, 9.17) is 5.26 Å². The molecule has 0 bridgehead atoms. The zero-order valence-electron chi connectivity index (χ0n) is 14.6. The third kappa shape index (κ3) is 4.27. The summed E-state index contributed by atoms with van der Waals surface area (Å²) in [6.45, 7) is 1.52. The number of rotatable bonds is 6. The van der Waals surface area contributed by atoms with E-state index in [0.29, 0.717) is 19.5 Å². The van der Waals surface area contributed by atoms with Crippen molar-refractivity contribution in [2.24, 2.45) is 0 Å². The van der Waals surface area contributed by atoms with Crippen LogP contribution in [0.1, 0.15) is 30.9 Å². The highest BCUT2D eigenvalue weighted by Crippen LogP contribution is 2.32. The maximum absolute atomic E-state index is 13.2. The van der Waals surface area contributed by atoms with E-state index in [-0.39, 0.29) is 17.8 Å². The molecule has 0 spiro atoms. The van der Waals surface area contributed by atoms with E-state index < -0.39 is 0 Å². The summed E-state index contributed by atoms with van der Waals surface area (Å²) in [6.07, 6.45) is 2.27. The Morgan fingerprint density at radius 3 is 2.62 bits per heavy atom. The number of hydrogen-bond donors (Lipinski definition) is 0. The van der Waals surface area contributed by atoms with Gasteiger partial charge in [-0.25, -0.2) is 4.39 Å². The summed E-state index contributed by atoms with van der Waals surface area (Å²) < 4.78 is 13.2. The Morgan fingerprint density at radius 2 is 1.92 bits per heavy atom. The topological polar surface area (TPSA) is 47.3 Å². The summed E-state index contributed by atoms with van der Waals surface area (Å²) in [6, 6.07) is 18.2. The number of carbonyl (C=O) groups excluding carboxylic acids is 1. The molecule has 3 rings (SSSR count). The molecule has 0 unspecified atom stereocenters. The predicted octanol–water partition coefficient (Wildman–Crippen LogP) is 3.91. The standard InChI is InChI=1S/C21H22FN3O/c22-18-11-9-17(10-12-18)20-8-4-14-24(20)16-21(26)25(15-5-13-23)19-6-2-1-3-7-19/h1-3,6-7,9-12,20H,4-5,8,14-16H2/t20-/m0/s1. The number of anilines is 1. The van der Waals surface area contributed by atoms with E-state index >= 15 is 0 Å². The highest BCUT2D eigenvalue weighted by atomic mass is 19.1. The van der Waals surface area contributed by atoms with Gasteiger partial charge in [0.2, 0.25) is 5.91 Å². The molecule has 2 aromatic rings. The van der Waals surface area contributed by atoms with Crippen molar-refractivity contribution >= 4 is 11.6 Å².